The lowest BCUT2D eigenvalue weighted by Crippen LogP contribution is -2.49. The minimum atomic E-state index is -0.157. The van der Waals surface area contributed by atoms with Crippen LogP contribution in [-0.4, -0.2) is 67.5 Å². The van der Waals surface area contributed by atoms with E-state index in [-0.39, 0.29) is 11.8 Å². The molecule has 2 aliphatic heterocycles. The Bertz CT molecular complexity index is 875. The average molecular weight is 422 g/mol. The summed E-state index contributed by atoms with van der Waals surface area (Å²) in [5.74, 6) is 0.689. The van der Waals surface area contributed by atoms with Crippen LogP contribution in [0.1, 0.15) is 36.0 Å². The maximum atomic E-state index is 12.8. The van der Waals surface area contributed by atoms with E-state index >= 15 is 0 Å². The van der Waals surface area contributed by atoms with Crippen molar-refractivity contribution in [3.8, 4) is 0 Å². The molecular formula is C24H31N5O2. The highest BCUT2D eigenvalue weighted by atomic mass is 16.2. The maximum Gasteiger partial charge on any atom is 0.255 e. The second kappa shape index (κ2) is 10.3. The lowest BCUT2D eigenvalue weighted by Gasteiger charge is -2.36. The number of benzene rings is 1. The molecule has 0 radical (unpaired) electrons. The van der Waals surface area contributed by atoms with E-state index < -0.39 is 0 Å². The molecule has 7 heteroatoms. The summed E-state index contributed by atoms with van der Waals surface area (Å²) >= 11 is 0. The van der Waals surface area contributed by atoms with E-state index in [0.717, 1.165) is 44.8 Å². The number of nitrogens with zero attached hydrogens (tertiary/aromatic N) is 4. The highest BCUT2D eigenvalue weighted by molar-refractivity contribution is 5.99. The zero-order valence-electron chi connectivity index (χ0n) is 18.0. The van der Waals surface area contributed by atoms with Gasteiger partial charge in [0.25, 0.3) is 5.91 Å². The molecule has 0 spiro atoms. The molecule has 2 aromatic rings. The van der Waals surface area contributed by atoms with Crippen LogP contribution >= 0.6 is 0 Å². The van der Waals surface area contributed by atoms with Gasteiger partial charge < -0.3 is 20.0 Å². The summed E-state index contributed by atoms with van der Waals surface area (Å²) in [5.41, 5.74) is 1.79. The first kappa shape index (κ1) is 21.2. The number of para-hydroxylation sites is 1. The van der Waals surface area contributed by atoms with E-state index in [0.29, 0.717) is 31.6 Å². The Hall–Kier alpha value is -3.09. The van der Waals surface area contributed by atoms with Crippen molar-refractivity contribution in [2.45, 2.75) is 25.7 Å². The second-order valence-electron chi connectivity index (χ2n) is 8.13. The maximum absolute atomic E-state index is 12.8. The summed E-state index contributed by atoms with van der Waals surface area (Å²) in [6.45, 7) is 5.29. The first-order valence-corrected chi connectivity index (χ1v) is 11.3. The van der Waals surface area contributed by atoms with Gasteiger partial charge in [-0.25, -0.2) is 4.98 Å². The smallest absolute Gasteiger partial charge is 0.255 e. The molecular weight excluding hydrogens is 390 g/mol. The lowest BCUT2D eigenvalue weighted by atomic mass is 10.1. The van der Waals surface area contributed by atoms with Crippen LogP contribution in [0.25, 0.3) is 0 Å². The first-order chi connectivity index (χ1) is 15.2. The van der Waals surface area contributed by atoms with Crippen molar-refractivity contribution >= 4 is 23.3 Å². The SMILES string of the molecule is O=C(NCCC(=O)N1CCN(c2ccccc2)CC1)c1cccnc1N1CCCCC1. The third kappa shape index (κ3) is 5.34. The van der Waals surface area contributed by atoms with Gasteiger partial charge in [0.1, 0.15) is 5.82 Å². The minimum absolute atomic E-state index is 0.0930. The van der Waals surface area contributed by atoms with Crippen LogP contribution in [0.2, 0.25) is 0 Å². The Balaban J connectivity index is 1.24. The van der Waals surface area contributed by atoms with E-state index in [1.54, 1.807) is 12.3 Å². The van der Waals surface area contributed by atoms with Crippen LogP contribution in [0.15, 0.2) is 48.7 Å². The molecule has 164 valence electrons. The summed E-state index contributed by atoms with van der Waals surface area (Å²) in [7, 11) is 0. The summed E-state index contributed by atoms with van der Waals surface area (Å²) in [6.07, 6.45) is 5.54. The van der Waals surface area contributed by atoms with E-state index in [2.05, 4.69) is 32.2 Å². The Morgan fingerprint density at radius 2 is 1.58 bits per heavy atom. The van der Waals surface area contributed by atoms with Crippen LogP contribution in [0, 0.1) is 0 Å². The van der Waals surface area contributed by atoms with Gasteiger partial charge in [-0.15, -0.1) is 0 Å². The average Bonchev–Trinajstić information content (AvgIpc) is 2.85. The highest BCUT2D eigenvalue weighted by Crippen LogP contribution is 2.21. The fourth-order valence-corrected chi connectivity index (χ4v) is 4.32. The number of rotatable bonds is 6. The number of nitrogens with one attached hydrogen (secondary N) is 1. The van der Waals surface area contributed by atoms with Crippen LogP contribution in [0.5, 0.6) is 0 Å². The topological polar surface area (TPSA) is 68.8 Å². The largest absolute Gasteiger partial charge is 0.368 e. The predicted molar refractivity (Wildman–Crippen MR) is 122 cm³/mol. The van der Waals surface area contributed by atoms with E-state index in [1.807, 2.05) is 29.2 Å². The zero-order valence-corrected chi connectivity index (χ0v) is 18.0. The highest BCUT2D eigenvalue weighted by Gasteiger charge is 2.22. The Morgan fingerprint density at radius 3 is 2.32 bits per heavy atom. The third-order valence-electron chi connectivity index (χ3n) is 6.07. The number of carbonyl (C=O) groups excluding carboxylic acids is 2. The van der Waals surface area contributed by atoms with Crippen molar-refractivity contribution in [3.63, 3.8) is 0 Å². The molecule has 31 heavy (non-hydrogen) atoms. The molecule has 1 aromatic carbocycles. The standard InChI is InChI=1S/C24H31N5O2/c30-22(28-18-16-27(17-19-28)20-8-3-1-4-9-20)11-13-26-24(31)21-10-7-12-25-23(21)29-14-5-2-6-15-29/h1,3-4,7-10,12H,2,5-6,11,13-19H2,(H,26,31). The molecule has 0 bridgehead atoms. The van der Waals surface area contributed by atoms with Crippen LogP contribution in [0.3, 0.4) is 0 Å². The predicted octanol–water partition coefficient (Wildman–Crippen LogP) is 2.54. The number of pyridine rings is 1. The van der Waals surface area contributed by atoms with Crippen LogP contribution in [0.4, 0.5) is 11.5 Å². The molecule has 4 rings (SSSR count). The van der Waals surface area contributed by atoms with E-state index in [4.69, 9.17) is 0 Å². The molecule has 7 nitrogen and oxygen atoms in total. The summed E-state index contributed by atoms with van der Waals surface area (Å²) in [5, 5.41) is 2.92. The van der Waals surface area contributed by atoms with E-state index in [9.17, 15) is 9.59 Å². The van der Waals surface area contributed by atoms with Gasteiger partial charge in [0, 0.05) is 64.1 Å². The fraction of sp³-hybridized carbons (Fsp3) is 0.458. The Morgan fingerprint density at radius 1 is 0.839 bits per heavy atom. The number of piperazine rings is 1. The fourth-order valence-electron chi connectivity index (χ4n) is 4.32. The van der Waals surface area contributed by atoms with Gasteiger partial charge in [0.05, 0.1) is 5.56 Å². The molecule has 2 fully saturated rings. The number of hydrogen-bond donors (Lipinski definition) is 1. The van der Waals surface area contributed by atoms with Crippen molar-refractivity contribution in [2.24, 2.45) is 0 Å². The number of hydrogen-bond acceptors (Lipinski definition) is 5. The molecule has 2 saturated heterocycles. The Kier molecular flexibility index (Phi) is 7.02. The summed E-state index contributed by atoms with van der Waals surface area (Å²) in [4.78, 5) is 36.2. The van der Waals surface area contributed by atoms with Gasteiger partial charge in [-0.3, -0.25) is 9.59 Å². The first-order valence-electron chi connectivity index (χ1n) is 11.3. The van der Waals surface area contributed by atoms with Gasteiger partial charge in [-0.2, -0.15) is 0 Å². The van der Waals surface area contributed by atoms with Crippen LogP contribution < -0.4 is 15.1 Å². The monoisotopic (exact) mass is 421 g/mol. The van der Waals surface area contributed by atoms with Gasteiger partial charge >= 0.3 is 0 Å². The number of piperidine rings is 1. The van der Waals surface area contributed by atoms with E-state index in [1.165, 1.54) is 12.1 Å². The molecule has 1 aromatic heterocycles. The summed E-state index contributed by atoms with van der Waals surface area (Å²) in [6, 6.07) is 13.9. The van der Waals surface area contributed by atoms with Gasteiger partial charge in [-0.1, -0.05) is 18.2 Å². The molecule has 0 saturated carbocycles. The second-order valence-corrected chi connectivity index (χ2v) is 8.13. The molecule has 1 N–H and O–H groups in total. The number of amides is 2. The molecule has 2 amide bonds. The van der Waals surface area contributed by atoms with Crippen molar-refractivity contribution in [1.29, 1.82) is 0 Å². The zero-order chi connectivity index (χ0) is 21.5. The number of anilines is 2. The van der Waals surface area contributed by atoms with Crippen LogP contribution in [-0.2, 0) is 4.79 Å². The van der Waals surface area contributed by atoms with Gasteiger partial charge in [0.15, 0.2) is 0 Å². The van der Waals surface area contributed by atoms with Gasteiger partial charge in [0.2, 0.25) is 5.91 Å². The summed E-state index contributed by atoms with van der Waals surface area (Å²) < 4.78 is 0. The molecule has 2 aliphatic rings. The molecule has 0 atom stereocenters. The van der Waals surface area contributed by atoms with Crippen molar-refractivity contribution in [3.05, 3.63) is 54.2 Å². The quantitative estimate of drug-likeness (QED) is 0.776. The number of aromatic nitrogens is 1. The normalized spacial score (nSPS) is 16.8. The third-order valence-corrected chi connectivity index (χ3v) is 6.07. The number of carbonyl (C=O) groups is 2. The van der Waals surface area contributed by atoms with Crippen molar-refractivity contribution in [1.82, 2.24) is 15.2 Å². The minimum Gasteiger partial charge on any atom is -0.368 e. The molecule has 3 heterocycles. The van der Waals surface area contributed by atoms with Crippen molar-refractivity contribution < 1.29 is 9.59 Å². The molecule has 0 unspecified atom stereocenters. The lowest BCUT2D eigenvalue weighted by molar-refractivity contribution is -0.131. The van der Waals surface area contributed by atoms with Crippen molar-refractivity contribution in [2.75, 3.05) is 55.6 Å². The Labute approximate surface area is 184 Å². The van der Waals surface area contributed by atoms with Gasteiger partial charge in [-0.05, 0) is 43.5 Å². The molecule has 0 aliphatic carbocycles.